The molecule has 0 spiro atoms. The monoisotopic (exact) mass is 539 g/mol. The maximum atomic E-state index is 11.9. The Balaban J connectivity index is 0.00000341. The second kappa shape index (κ2) is 13.1. The standard InChI is InChI=1S/C22H29N5O3.HI/c1-23-22(26-16-18-5-3-11-24-21(18)30-14-13-29-2)25-15-17-7-9-19(10-8-17)27-12-4-6-20(27)28;/h3,5,7-11H,4,6,12-16H2,1-2H3,(H2,23,25,26);1H. The van der Waals surface area contributed by atoms with E-state index in [1.165, 1.54) is 0 Å². The first-order valence-corrected chi connectivity index (χ1v) is 10.1. The van der Waals surface area contributed by atoms with E-state index in [-0.39, 0.29) is 29.9 Å². The van der Waals surface area contributed by atoms with Crippen molar-refractivity contribution in [3.63, 3.8) is 0 Å². The molecule has 1 aromatic carbocycles. The number of carbonyl (C=O) groups excluding carboxylic acids is 1. The summed E-state index contributed by atoms with van der Waals surface area (Å²) in [4.78, 5) is 22.3. The number of nitrogens with one attached hydrogen (secondary N) is 2. The van der Waals surface area contributed by atoms with Crippen molar-refractivity contribution >= 4 is 41.5 Å². The van der Waals surface area contributed by atoms with Gasteiger partial charge >= 0.3 is 0 Å². The van der Waals surface area contributed by atoms with Gasteiger partial charge in [0.1, 0.15) is 6.61 Å². The predicted molar refractivity (Wildman–Crippen MR) is 132 cm³/mol. The van der Waals surface area contributed by atoms with Gasteiger partial charge in [-0.05, 0) is 30.2 Å². The molecule has 1 aliphatic heterocycles. The third-order valence-electron chi connectivity index (χ3n) is 4.83. The lowest BCUT2D eigenvalue weighted by Crippen LogP contribution is -2.36. The number of amides is 1. The number of carbonyl (C=O) groups is 1. The summed E-state index contributed by atoms with van der Waals surface area (Å²) in [5.74, 6) is 1.47. The highest BCUT2D eigenvalue weighted by Gasteiger charge is 2.21. The third kappa shape index (κ3) is 7.35. The summed E-state index contributed by atoms with van der Waals surface area (Å²) in [5.41, 5.74) is 3.01. The molecule has 31 heavy (non-hydrogen) atoms. The number of anilines is 1. The normalized spacial score (nSPS) is 13.7. The molecule has 2 aromatic rings. The van der Waals surface area contributed by atoms with E-state index >= 15 is 0 Å². The van der Waals surface area contributed by atoms with E-state index in [9.17, 15) is 4.79 Å². The zero-order chi connectivity index (χ0) is 21.2. The molecule has 3 rings (SSSR count). The molecule has 2 N–H and O–H groups in total. The number of hydrogen-bond donors (Lipinski definition) is 2. The molecular formula is C22H30IN5O3. The van der Waals surface area contributed by atoms with E-state index in [1.54, 1.807) is 20.4 Å². The van der Waals surface area contributed by atoms with Gasteiger partial charge in [0, 0.05) is 57.7 Å². The lowest BCUT2D eigenvalue weighted by Gasteiger charge is -2.17. The van der Waals surface area contributed by atoms with Crippen LogP contribution in [0.2, 0.25) is 0 Å². The van der Waals surface area contributed by atoms with Crippen LogP contribution >= 0.6 is 24.0 Å². The minimum Gasteiger partial charge on any atom is -0.475 e. The van der Waals surface area contributed by atoms with E-state index in [0.29, 0.717) is 44.6 Å². The van der Waals surface area contributed by atoms with Gasteiger partial charge in [0.25, 0.3) is 0 Å². The number of pyridine rings is 1. The predicted octanol–water partition coefficient (Wildman–Crippen LogP) is 2.72. The van der Waals surface area contributed by atoms with E-state index in [0.717, 1.165) is 29.8 Å². The highest BCUT2D eigenvalue weighted by atomic mass is 127. The van der Waals surface area contributed by atoms with Crippen molar-refractivity contribution in [1.82, 2.24) is 15.6 Å². The Hall–Kier alpha value is -2.40. The molecule has 1 saturated heterocycles. The van der Waals surface area contributed by atoms with Crippen molar-refractivity contribution in [2.45, 2.75) is 25.9 Å². The smallest absolute Gasteiger partial charge is 0.227 e. The average molecular weight is 539 g/mol. The van der Waals surface area contributed by atoms with Gasteiger partial charge in [-0.2, -0.15) is 0 Å². The van der Waals surface area contributed by atoms with Crippen LogP contribution in [-0.4, -0.2) is 50.8 Å². The average Bonchev–Trinajstić information content (AvgIpc) is 3.21. The van der Waals surface area contributed by atoms with Gasteiger partial charge in [-0.15, -0.1) is 24.0 Å². The zero-order valence-electron chi connectivity index (χ0n) is 18.0. The first-order valence-electron chi connectivity index (χ1n) is 10.1. The van der Waals surface area contributed by atoms with E-state index in [1.807, 2.05) is 41.3 Å². The molecule has 1 fully saturated rings. The maximum absolute atomic E-state index is 11.9. The van der Waals surface area contributed by atoms with Gasteiger partial charge in [0.05, 0.1) is 6.61 Å². The van der Waals surface area contributed by atoms with Crippen LogP contribution in [0, 0.1) is 0 Å². The van der Waals surface area contributed by atoms with Crippen LogP contribution < -0.4 is 20.3 Å². The van der Waals surface area contributed by atoms with Crippen LogP contribution in [0.3, 0.4) is 0 Å². The van der Waals surface area contributed by atoms with Gasteiger partial charge in [-0.25, -0.2) is 4.98 Å². The molecule has 1 aliphatic rings. The molecule has 0 bridgehead atoms. The topological polar surface area (TPSA) is 88.1 Å². The van der Waals surface area contributed by atoms with Crippen LogP contribution in [0.1, 0.15) is 24.0 Å². The number of guanidine groups is 1. The molecule has 1 amide bonds. The fourth-order valence-electron chi connectivity index (χ4n) is 3.21. The third-order valence-corrected chi connectivity index (χ3v) is 4.83. The lowest BCUT2D eigenvalue weighted by atomic mass is 10.2. The number of methoxy groups -OCH3 is 1. The summed E-state index contributed by atoms with van der Waals surface area (Å²) < 4.78 is 10.7. The molecule has 0 radical (unpaired) electrons. The summed E-state index contributed by atoms with van der Waals surface area (Å²) in [6.45, 7) is 2.92. The second-order valence-electron chi connectivity index (χ2n) is 6.90. The minimum absolute atomic E-state index is 0. The summed E-state index contributed by atoms with van der Waals surface area (Å²) >= 11 is 0. The molecule has 2 heterocycles. The van der Waals surface area contributed by atoms with Crippen molar-refractivity contribution in [3.05, 3.63) is 53.7 Å². The Bertz CT molecular complexity index is 860. The Morgan fingerprint density at radius 2 is 1.94 bits per heavy atom. The Kier molecular flexibility index (Phi) is 10.5. The number of aromatic nitrogens is 1. The molecule has 9 heteroatoms. The van der Waals surface area contributed by atoms with Crippen molar-refractivity contribution in [2.24, 2.45) is 4.99 Å². The number of ether oxygens (including phenoxy) is 2. The van der Waals surface area contributed by atoms with Gasteiger partial charge in [-0.1, -0.05) is 18.2 Å². The first-order chi connectivity index (χ1) is 14.7. The van der Waals surface area contributed by atoms with E-state index < -0.39 is 0 Å². The van der Waals surface area contributed by atoms with E-state index in [4.69, 9.17) is 9.47 Å². The summed E-state index contributed by atoms with van der Waals surface area (Å²) in [5, 5.41) is 6.59. The van der Waals surface area contributed by atoms with Crippen molar-refractivity contribution < 1.29 is 14.3 Å². The number of rotatable bonds is 9. The fourth-order valence-corrected chi connectivity index (χ4v) is 3.21. The Morgan fingerprint density at radius 1 is 1.16 bits per heavy atom. The van der Waals surface area contributed by atoms with Crippen LogP contribution in [0.15, 0.2) is 47.6 Å². The Labute approximate surface area is 200 Å². The van der Waals surface area contributed by atoms with Gasteiger partial charge < -0.3 is 25.0 Å². The molecule has 8 nitrogen and oxygen atoms in total. The number of benzene rings is 1. The van der Waals surface area contributed by atoms with Crippen LogP contribution in [0.25, 0.3) is 0 Å². The van der Waals surface area contributed by atoms with Crippen molar-refractivity contribution in [2.75, 3.05) is 38.8 Å². The highest BCUT2D eigenvalue weighted by Crippen LogP contribution is 2.21. The van der Waals surface area contributed by atoms with Gasteiger partial charge in [0.15, 0.2) is 5.96 Å². The van der Waals surface area contributed by atoms with Crippen LogP contribution in [0.4, 0.5) is 5.69 Å². The molecule has 0 unspecified atom stereocenters. The molecule has 0 atom stereocenters. The number of aliphatic imine (C=N–C) groups is 1. The number of hydrogen-bond acceptors (Lipinski definition) is 5. The SMILES string of the molecule is CN=C(NCc1ccc(N2CCCC2=O)cc1)NCc1cccnc1OCCOC.I. The van der Waals surface area contributed by atoms with Crippen molar-refractivity contribution in [1.29, 1.82) is 0 Å². The van der Waals surface area contributed by atoms with Crippen molar-refractivity contribution in [3.8, 4) is 5.88 Å². The second-order valence-corrected chi connectivity index (χ2v) is 6.90. The zero-order valence-corrected chi connectivity index (χ0v) is 20.3. The molecule has 1 aromatic heterocycles. The van der Waals surface area contributed by atoms with Crippen LogP contribution in [-0.2, 0) is 22.6 Å². The molecular weight excluding hydrogens is 509 g/mol. The van der Waals surface area contributed by atoms with Crippen LogP contribution in [0.5, 0.6) is 5.88 Å². The lowest BCUT2D eigenvalue weighted by molar-refractivity contribution is -0.117. The minimum atomic E-state index is 0. The maximum Gasteiger partial charge on any atom is 0.227 e. The summed E-state index contributed by atoms with van der Waals surface area (Å²) in [6.07, 6.45) is 3.28. The summed E-state index contributed by atoms with van der Waals surface area (Å²) in [7, 11) is 3.37. The summed E-state index contributed by atoms with van der Waals surface area (Å²) in [6, 6.07) is 11.9. The van der Waals surface area contributed by atoms with E-state index in [2.05, 4.69) is 20.6 Å². The number of halogens is 1. The quantitative estimate of drug-likeness (QED) is 0.221. The number of nitrogens with zero attached hydrogens (tertiary/aromatic N) is 3. The first kappa shape index (κ1) is 24.9. The molecule has 0 saturated carbocycles. The fraction of sp³-hybridized carbons (Fsp3) is 0.409. The van der Waals surface area contributed by atoms with Gasteiger partial charge in [0.2, 0.25) is 11.8 Å². The highest BCUT2D eigenvalue weighted by molar-refractivity contribution is 14.0. The van der Waals surface area contributed by atoms with Gasteiger partial charge in [-0.3, -0.25) is 9.79 Å². The largest absolute Gasteiger partial charge is 0.475 e. The molecule has 168 valence electrons. The molecule has 0 aliphatic carbocycles. The Morgan fingerprint density at radius 3 is 2.61 bits per heavy atom.